The van der Waals surface area contributed by atoms with Crippen LogP contribution in [0, 0.1) is 5.41 Å². The van der Waals surface area contributed by atoms with Crippen LogP contribution in [0.25, 0.3) is 0 Å². The number of alkyl halides is 3. The molecule has 0 unspecified atom stereocenters. The summed E-state index contributed by atoms with van der Waals surface area (Å²) in [7, 11) is 0. The van der Waals surface area contributed by atoms with E-state index in [1.165, 1.54) is 11.0 Å². The van der Waals surface area contributed by atoms with Gasteiger partial charge in [0.05, 0.1) is 39.9 Å². The first-order valence-electron chi connectivity index (χ1n) is 11.3. The Hall–Kier alpha value is -2.89. The van der Waals surface area contributed by atoms with Gasteiger partial charge in [-0.25, -0.2) is 0 Å². The Labute approximate surface area is 222 Å². The number of nitrogens with zero attached hydrogens (tertiary/aromatic N) is 2. The number of carbonyl (C=O) groups is 2. The van der Waals surface area contributed by atoms with E-state index in [2.05, 4.69) is 15.6 Å². The van der Waals surface area contributed by atoms with Gasteiger partial charge < -0.3 is 15.4 Å². The van der Waals surface area contributed by atoms with Crippen LogP contribution in [0.4, 0.5) is 18.9 Å². The lowest BCUT2D eigenvalue weighted by atomic mass is 9.85. The highest BCUT2D eigenvalue weighted by atomic mass is 35.5. The van der Waals surface area contributed by atoms with Crippen molar-refractivity contribution in [2.75, 3.05) is 11.9 Å². The quantitative estimate of drug-likeness (QED) is 0.490. The van der Waals surface area contributed by atoms with Crippen molar-refractivity contribution in [2.24, 2.45) is 0 Å². The van der Waals surface area contributed by atoms with E-state index in [1.54, 1.807) is 19.1 Å². The summed E-state index contributed by atoms with van der Waals surface area (Å²) in [5.41, 5.74) is -2.36. The third kappa shape index (κ3) is 5.83. The number of nitrogens with one attached hydrogen (secondary N) is 3. The number of carbonyl (C=O) groups excluding carboxylic acids is 2. The van der Waals surface area contributed by atoms with Gasteiger partial charge in [0.15, 0.2) is 5.96 Å². The predicted molar refractivity (Wildman–Crippen MR) is 134 cm³/mol. The van der Waals surface area contributed by atoms with Crippen molar-refractivity contribution in [3.63, 3.8) is 0 Å². The first-order valence-corrected chi connectivity index (χ1v) is 11.7. The normalized spacial score (nSPS) is 24.2. The van der Waals surface area contributed by atoms with Crippen LogP contribution < -0.4 is 10.6 Å². The second-order valence-corrected chi connectivity index (χ2v) is 9.52. The van der Waals surface area contributed by atoms with Crippen molar-refractivity contribution < 1.29 is 27.5 Å². The Morgan fingerprint density at radius 3 is 2.73 bits per heavy atom. The number of anilines is 1. The first-order chi connectivity index (χ1) is 16.9. The van der Waals surface area contributed by atoms with Gasteiger partial charge in [-0.15, -0.1) is 12.4 Å². The van der Waals surface area contributed by atoms with Gasteiger partial charge in [0.25, 0.3) is 5.91 Å². The van der Waals surface area contributed by atoms with Gasteiger partial charge in [-0.05, 0) is 44.4 Å². The van der Waals surface area contributed by atoms with Crippen LogP contribution in [0.5, 0.6) is 0 Å². The van der Waals surface area contributed by atoms with E-state index in [1.807, 2.05) is 6.92 Å². The molecule has 0 aliphatic carbocycles. The molecule has 2 fully saturated rings. The Morgan fingerprint density at radius 1 is 1.35 bits per heavy atom. The number of benzene rings is 1. The molecule has 2 aliphatic heterocycles. The summed E-state index contributed by atoms with van der Waals surface area (Å²) in [6.07, 6.45) is -1.75. The summed E-state index contributed by atoms with van der Waals surface area (Å²) in [6.45, 7) is 4.13. The molecule has 200 valence electrons. The molecule has 2 saturated heterocycles. The zero-order valence-corrected chi connectivity index (χ0v) is 21.6. The molecule has 2 aromatic rings. The SMILES string of the molecule is C[C@@H]1C[C@H](N2C(=N)N[C@](C)(c3cccc(NC(=O)c4cnccc4C(F)(F)F)c3Cl)CC2=O)CCO1.Cl. The fourth-order valence-electron chi connectivity index (χ4n) is 4.70. The maximum Gasteiger partial charge on any atom is 0.417 e. The highest BCUT2D eigenvalue weighted by molar-refractivity contribution is 6.35. The number of guanidine groups is 1. The minimum Gasteiger partial charge on any atom is -0.378 e. The van der Waals surface area contributed by atoms with Crippen molar-refractivity contribution >= 4 is 47.5 Å². The van der Waals surface area contributed by atoms with Crippen molar-refractivity contribution in [3.05, 3.63) is 58.4 Å². The van der Waals surface area contributed by atoms with Crippen molar-refractivity contribution in [1.82, 2.24) is 15.2 Å². The standard InChI is InChI=1S/C24H25ClF3N5O3.ClH/c1-13-10-14(7-9-36-13)33-19(34)11-23(2,32-22(33)29)17-4-3-5-18(20(17)25)31-21(35)15-12-30-8-6-16(15)24(26,27)28;/h3-6,8,12-14H,7,9-11H2,1-2H3,(H2,29,32)(H,31,35);1H/t13-,14-,23+;/m1./s1. The number of aromatic nitrogens is 1. The van der Waals surface area contributed by atoms with Crippen LogP contribution >= 0.6 is 24.0 Å². The minimum absolute atomic E-state index is 0. The van der Waals surface area contributed by atoms with Crippen LogP contribution in [0.3, 0.4) is 0 Å². The van der Waals surface area contributed by atoms with E-state index in [9.17, 15) is 22.8 Å². The topological polar surface area (TPSA) is 107 Å². The van der Waals surface area contributed by atoms with Crippen LogP contribution in [0.2, 0.25) is 5.02 Å². The highest BCUT2D eigenvalue weighted by Crippen LogP contribution is 2.39. The Bertz CT molecular complexity index is 1190. The molecule has 3 N–H and O–H groups in total. The fourth-order valence-corrected chi connectivity index (χ4v) is 5.08. The van der Waals surface area contributed by atoms with E-state index in [-0.39, 0.29) is 53.6 Å². The molecule has 0 spiro atoms. The van der Waals surface area contributed by atoms with Crippen molar-refractivity contribution in [1.29, 1.82) is 5.41 Å². The van der Waals surface area contributed by atoms with Crippen molar-refractivity contribution in [2.45, 2.75) is 57.0 Å². The average molecular weight is 560 g/mol. The average Bonchev–Trinajstić information content (AvgIpc) is 2.79. The molecule has 1 aromatic heterocycles. The van der Waals surface area contributed by atoms with Gasteiger partial charge in [-0.3, -0.25) is 24.9 Å². The maximum absolute atomic E-state index is 13.3. The predicted octanol–water partition coefficient (Wildman–Crippen LogP) is 4.97. The zero-order chi connectivity index (χ0) is 26.3. The number of rotatable bonds is 4. The van der Waals surface area contributed by atoms with Gasteiger partial charge in [-0.1, -0.05) is 23.7 Å². The molecule has 13 heteroatoms. The highest BCUT2D eigenvalue weighted by Gasteiger charge is 2.44. The summed E-state index contributed by atoms with van der Waals surface area (Å²) < 4.78 is 45.6. The molecule has 3 heterocycles. The van der Waals surface area contributed by atoms with Gasteiger partial charge >= 0.3 is 6.18 Å². The van der Waals surface area contributed by atoms with Crippen LogP contribution in [-0.2, 0) is 21.2 Å². The minimum atomic E-state index is -4.74. The Morgan fingerprint density at radius 2 is 2.08 bits per heavy atom. The molecule has 3 atom stereocenters. The lowest BCUT2D eigenvalue weighted by molar-refractivity contribution is -0.138. The molecular formula is C24H26Cl2F3N5O3. The van der Waals surface area contributed by atoms with Gasteiger partial charge in [-0.2, -0.15) is 13.2 Å². The largest absolute Gasteiger partial charge is 0.417 e. The zero-order valence-electron chi connectivity index (χ0n) is 20.0. The molecule has 0 saturated carbocycles. The first kappa shape index (κ1) is 28.7. The summed E-state index contributed by atoms with van der Waals surface area (Å²) in [6, 6.07) is 5.22. The van der Waals surface area contributed by atoms with E-state index in [0.717, 1.165) is 18.5 Å². The monoisotopic (exact) mass is 559 g/mol. The van der Waals surface area contributed by atoms with E-state index < -0.39 is 28.7 Å². The van der Waals surface area contributed by atoms with Crippen molar-refractivity contribution in [3.8, 4) is 0 Å². The molecule has 1 aromatic carbocycles. The smallest absolute Gasteiger partial charge is 0.378 e. The number of hydrogen-bond acceptors (Lipinski definition) is 5. The Balaban J connectivity index is 0.00000380. The third-order valence-corrected chi connectivity index (χ3v) is 6.85. The number of ether oxygens (including phenoxy) is 1. The van der Waals surface area contributed by atoms with Crippen LogP contribution in [0.1, 0.15) is 54.6 Å². The van der Waals surface area contributed by atoms with E-state index in [0.29, 0.717) is 25.0 Å². The van der Waals surface area contributed by atoms with Gasteiger partial charge in [0.1, 0.15) is 0 Å². The summed E-state index contributed by atoms with van der Waals surface area (Å²) >= 11 is 6.59. The number of amides is 2. The third-order valence-electron chi connectivity index (χ3n) is 6.44. The van der Waals surface area contributed by atoms with E-state index in [4.69, 9.17) is 21.7 Å². The molecule has 4 rings (SSSR count). The van der Waals surface area contributed by atoms with E-state index >= 15 is 0 Å². The Kier molecular flexibility index (Phi) is 8.40. The molecule has 2 amide bonds. The molecule has 2 aliphatic rings. The van der Waals surface area contributed by atoms with Crippen LogP contribution in [0.15, 0.2) is 36.7 Å². The number of hydrogen-bond donors (Lipinski definition) is 3. The lowest BCUT2D eigenvalue weighted by Crippen LogP contribution is -2.63. The molecule has 0 radical (unpaired) electrons. The van der Waals surface area contributed by atoms with Gasteiger partial charge in [0.2, 0.25) is 5.91 Å². The summed E-state index contributed by atoms with van der Waals surface area (Å²) in [4.78, 5) is 31.0. The number of pyridine rings is 1. The molecular weight excluding hydrogens is 534 g/mol. The second kappa shape index (κ2) is 10.8. The summed E-state index contributed by atoms with van der Waals surface area (Å²) in [5, 5.41) is 14.1. The summed E-state index contributed by atoms with van der Waals surface area (Å²) in [5.74, 6) is -1.35. The second-order valence-electron chi connectivity index (χ2n) is 9.15. The van der Waals surface area contributed by atoms with Gasteiger partial charge in [0, 0.05) is 25.0 Å². The maximum atomic E-state index is 13.3. The lowest BCUT2D eigenvalue weighted by Gasteiger charge is -2.45. The molecule has 0 bridgehead atoms. The molecule has 8 nitrogen and oxygen atoms in total. The van der Waals surface area contributed by atoms with Crippen LogP contribution in [-0.4, -0.2) is 46.4 Å². The fraction of sp³-hybridized carbons (Fsp3) is 0.417. The number of halogens is 5. The molecule has 37 heavy (non-hydrogen) atoms.